The van der Waals surface area contributed by atoms with Gasteiger partial charge in [0.1, 0.15) is 5.52 Å². The van der Waals surface area contributed by atoms with Crippen LogP contribution in [-0.2, 0) is 0 Å². The van der Waals surface area contributed by atoms with Gasteiger partial charge in [0.2, 0.25) is 0 Å². The van der Waals surface area contributed by atoms with Crippen molar-refractivity contribution in [2.24, 2.45) is 11.7 Å². The normalized spacial score (nSPS) is 15.2. The number of benzene rings is 1. The van der Waals surface area contributed by atoms with Crippen LogP contribution in [-0.4, -0.2) is 16.7 Å². The number of aliphatic hydroxyl groups excluding tert-OH is 1. The lowest BCUT2D eigenvalue weighted by molar-refractivity contribution is 0.200. The summed E-state index contributed by atoms with van der Waals surface area (Å²) in [7, 11) is 0. The number of nitrogens with two attached hydrogens (primary N) is 1. The lowest BCUT2D eigenvalue weighted by Crippen LogP contribution is -2.23. The van der Waals surface area contributed by atoms with Gasteiger partial charge >= 0.3 is 0 Å². The van der Waals surface area contributed by atoms with E-state index in [0.29, 0.717) is 0 Å². The zero-order chi connectivity index (χ0) is 11.5. The SMILES string of the molecule is CCC(CO)C(N)c1ccc2ncoc2c1. The van der Waals surface area contributed by atoms with Gasteiger partial charge in [-0.3, -0.25) is 0 Å². The second-order valence-electron chi connectivity index (χ2n) is 3.96. The number of aliphatic hydroxyl groups is 1. The van der Waals surface area contributed by atoms with E-state index in [-0.39, 0.29) is 18.6 Å². The zero-order valence-electron chi connectivity index (χ0n) is 9.26. The first kappa shape index (κ1) is 11.1. The molecule has 0 saturated heterocycles. The van der Waals surface area contributed by atoms with Gasteiger partial charge in [0.25, 0.3) is 0 Å². The van der Waals surface area contributed by atoms with Gasteiger partial charge in [0.05, 0.1) is 0 Å². The minimum absolute atomic E-state index is 0.0837. The molecule has 0 saturated carbocycles. The van der Waals surface area contributed by atoms with E-state index in [9.17, 15) is 5.11 Å². The van der Waals surface area contributed by atoms with Crippen molar-refractivity contribution in [2.75, 3.05) is 6.61 Å². The Balaban J connectivity index is 2.31. The van der Waals surface area contributed by atoms with Crippen LogP contribution in [0.25, 0.3) is 11.1 Å². The molecular weight excluding hydrogens is 204 g/mol. The zero-order valence-corrected chi connectivity index (χ0v) is 9.26. The van der Waals surface area contributed by atoms with E-state index in [1.807, 2.05) is 25.1 Å². The average Bonchev–Trinajstić information content (AvgIpc) is 2.77. The van der Waals surface area contributed by atoms with Crippen molar-refractivity contribution in [3.8, 4) is 0 Å². The molecule has 4 heteroatoms. The fourth-order valence-corrected chi connectivity index (χ4v) is 1.85. The van der Waals surface area contributed by atoms with Gasteiger partial charge in [-0.15, -0.1) is 0 Å². The van der Waals surface area contributed by atoms with Gasteiger partial charge in [-0.25, -0.2) is 4.98 Å². The number of rotatable bonds is 4. The summed E-state index contributed by atoms with van der Waals surface area (Å²) in [5, 5.41) is 9.22. The Hall–Kier alpha value is -1.39. The molecule has 4 nitrogen and oxygen atoms in total. The van der Waals surface area contributed by atoms with Crippen LogP contribution < -0.4 is 5.73 Å². The van der Waals surface area contributed by atoms with Crippen molar-refractivity contribution in [1.29, 1.82) is 0 Å². The minimum atomic E-state index is -0.163. The highest BCUT2D eigenvalue weighted by molar-refractivity contribution is 5.72. The molecule has 0 amide bonds. The van der Waals surface area contributed by atoms with Crippen LogP contribution in [0.4, 0.5) is 0 Å². The van der Waals surface area contributed by atoms with Crippen molar-refractivity contribution < 1.29 is 9.52 Å². The molecule has 0 aliphatic rings. The third-order valence-electron chi connectivity index (χ3n) is 3.01. The highest BCUT2D eigenvalue weighted by Crippen LogP contribution is 2.24. The molecule has 2 unspecified atom stereocenters. The maximum Gasteiger partial charge on any atom is 0.181 e. The third-order valence-corrected chi connectivity index (χ3v) is 3.01. The van der Waals surface area contributed by atoms with E-state index >= 15 is 0 Å². The number of aromatic nitrogens is 1. The third kappa shape index (κ3) is 1.94. The number of hydrogen-bond donors (Lipinski definition) is 2. The number of fused-ring (bicyclic) bond motifs is 1. The van der Waals surface area contributed by atoms with Crippen molar-refractivity contribution in [3.63, 3.8) is 0 Å². The van der Waals surface area contributed by atoms with Crippen molar-refractivity contribution in [1.82, 2.24) is 4.98 Å². The van der Waals surface area contributed by atoms with E-state index in [1.54, 1.807) is 0 Å². The van der Waals surface area contributed by atoms with Gasteiger partial charge < -0.3 is 15.3 Å². The summed E-state index contributed by atoms with van der Waals surface area (Å²) in [5.41, 5.74) is 8.64. The monoisotopic (exact) mass is 220 g/mol. The quantitative estimate of drug-likeness (QED) is 0.824. The van der Waals surface area contributed by atoms with Crippen LogP contribution in [0.15, 0.2) is 29.0 Å². The van der Waals surface area contributed by atoms with Crippen molar-refractivity contribution in [2.45, 2.75) is 19.4 Å². The summed E-state index contributed by atoms with van der Waals surface area (Å²) in [4.78, 5) is 4.05. The summed E-state index contributed by atoms with van der Waals surface area (Å²) >= 11 is 0. The van der Waals surface area contributed by atoms with Gasteiger partial charge in [0, 0.05) is 18.6 Å². The molecule has 16 heavy (non-hydrogen) atoms. The number of nitrogens with zero attached hydrogens (tertiary/aromatic N) is 1. The topological polar surface area (TPSA) is 72.3 Å². The standard InChI is InChI=1S/C12H16N2O2/c1-2-8(6-15)12(13)9-3-4-10-11(5-9)16-7-14-10/h3-5,7-8,12,15H,2,6,13H2,1H3. The van der Waals surface area contributed by atoms with E-state index in [0.717, 1.165) is 23.1 Å². The fraction of sp³-hybridized carbons (Fsp3) is 0.417. The van der Waals surface area contributed by atoms with Crippen LogP contribution in [0.2, 0.25) is 0 Å². The number of oxazole rings is 1. The maximum absolute atomic E-state index is 9.22. The Labute approximate surface area is 94.1 Å². The molecule has 0 aliphatic carbocycles. The van der Waals surface area contributed by atoms with Gasteiger partial charge in [-0.1, -0.05) is 13.0 Å². The molecule has 0 aliphatic heterocycles. The molecule has 1 aromatic heterocycles. The highest BCUT2D eigenvalue weighted by atomic mass is 16.3. The molecule has 2 rings (SSSR count). The summed E-state index contributed by atoms with van der Waals surface area (Å²) in [6.45, 7) is 2.12. The number of hydrogen-bond acceptors (Lipinski definition) is 4. The predicted molar refractivity (Wildman–Crippen MR) is 61.8 cm³/mol. The summed E-state index contributed by atoms with van der Waals surface area (Å²) in [6, 6.07) is 5.56. The van der Waals surface area contributed by atoms with Crippen molar-refractivity contribution in [3.05, 3.63) is 30.2 Å². The molecule has 1 aromatic carbocycles. The first-order chi connectivity index (χ1) is 7.76. The average molecular weight is 220 g/mol. The summed E-state index contributed by atoms with van der Waals surface area (Å²) < 4.78 is 5.23. The first-order valence-corrected chi connectivity index (χ1v) is 5.45. The lowest BCUT2D eigenvalue weighted by Gasteiger charge is -2.20. The molecule has 0 fully saturated rings. The second kappa shape index (κ2) is 4.63. The Kier molecular flexibility index (Phi) is 3.22. The molecule has 0 radical (unpaired) electrons. The van der Waals surface area contributed by atoms with E-state index in [2.05, 4.69) is 4.98 Å². The second-order valence-corrected chi connectivity index (χ2v) is 3.96. The molecule has 0 bridgehead atoms. The minimum Gasteiger partial charge on any atom is -0.443 e. The maximum atomic E-state index is 9.22. The Bertz CT molecular complexity index is 463. The molecule has 2 atom stereocenters. The van der Waals surface area contributed by atoms with Crippen molar-refractivity contribution >= 4 is 11.1 Å². The Morgan fingerprint density at radius 2 is 2.31 bits per heavy atom. The highest BCUT2D eigenvalue weighted by Gasteiger charge is 2.17. The van der Waals surface area contributed by atoms with Gasteiger partial charge in [0.15, 0.2) is 12.0 Å². The largest absolute Gasteiger partial charge is 0.443 e. The van der Waals surface area contributed by atoms with Crippen LogP contribution in [0.1, 0.15) is 24.9 Å². The first-order valence-electron chi connectivity index (χ1n) is 5.45. The van der Waals surface area contributed by atoms with Crippen LogP contribution in [0.3, 0.4) is 0 Å². The molecule has 1 heterocycles. The van der Waals surface area contributed by atoms with E-state index in [4.69, 9.17) is 10.2 Å². The fourth-order valence-electron chi connectivity index (χ4n) is 1.85. The molecule has 2 aromatic rings. The Morgan fingerprint density at radius 1 is 1.50 bits per heavy atom. The van der Waals surface area contributed by atoms with Crippen LogP contribution >= 0.6 is 0 Å². The van der Waals surface area contributed by atoms with E-state index in [1.165, 1.54) is 6.39 Å². The lowest BCUT2D eigenvalue weighted by atomic mass is 9.92. The van der Waals surface area contributed by atoms with Gasteiger partial charge in [-0.2, -0.15) is 0 Å². The van der Waals surface area contributed by atoms with Crippen LogP contribution in [0.5, 0.6) is 0 Å². The van der Waals surface area contributed by atoms with Gasteiger partial charge in [-0.05, 0) is 24.1 Å². The smallest absolute Gasteiger partial charge is 0.181 e. The summed E-state index contributed by atoms with van der Waals surface area (Å²) in [6.07, 6.45) is 2.27. The molecular formula is C12H16N2O2. The predicted octanol–water partition coefficient (Wildman–Crippen LogP) is 1.85. The van der Waals surface area contributed by atoms with Crippen LogP contribution in [0, 0.1) is 5.92 Å². The molecule has 86 valence electrons. The molecule has 0 spiro atoms. The summed E-state index contributed by atoms with van der Waals surface area (Å²) in [5.74, 6) is 0.0837. The Morgan fingerprint density at radius 3 is 3.00 bits per heavy atom. The van der Waals surface area contributed by atoms with E-state index < -0.39 is 0 Å². The molecule has 3 N–H and O–H groups in total.